The summed E-state index contributed by atoms with van der Waals surface area (Å²) < 4.78 is 0. The standard InChI is InChI=1S/C19H22N2S/c1-3-8-17-18(15-10-5-4-6-11-15)21-19(22-17)20-16-12-7-9-14(2)13-16/h4-7,9-13,17-18H,3,8H2,1-2H3,(H,20,21). The summed E-state index contributed by atoms with van der Waals surface area (Å²) in [6, 6.07) is 19.4. The molecule has 2 aromatic carbocycles. The molecule has 3 rings (SSSR count). The Morgan fingerprint density at radius 2 is 1.91 bits per heavy atom. The van der Waals surface area contributed by atoms with Gasteiger partial charge in [0.1, 0.15) is 0 Å². The minimum absolute atomic E-state index is 0.262. The summed E-state index contributed by atoms with van der Waals surface area (Å²) in [5, 5.41) is 5.05. The van der Waals surface area contributed by atoms with E-state index in [2.05, 4.69) is 73.8 Å². The maximum Gasteiger partial charge on any atom is 0.162 e. The van der Waals surface area contributed by atoms with Crippen LogP contribution in [0.1, 0.15) is 36.9 Å². The van der Waals surface area contributed by atoms with Gasteiger partial charge in [0.05, 0.1) is 6.04 Å². The average Bonchev–Trinajstić information content (AvgIpc) is 2.91. The van der Waals surface area contributed by atoms with Crippen molar-refractivity contribution < 1.29 is 0 Å². The van der Waals surface area contributed by atoms with Crippen LogP contribution in [0.15, 0.2) is 59.6 Å². The highest BCUT2D eigenvalue weighted by atomic mass is 32.2. The molecule has 0 aliphatic carbocycles. The van der Waals surface area contributed by atoms with Gasteiger partial charge in [-0.25, -0.2) is 0 Å². The molecular weight excluding hydrogens is 288 g/mol. The molecule has 1 N–H and O–H groups in total. The first-order valence-electron chi connectivity index (χ1n) is 7.89. The van der Waals surface area contributed by atoms with Crippen LogP contribution in [-0.4, -0.2) is 10.4 Å². The largest absolute Gasteiger partial charge is 0.335 e. The second kappa shape index (κ2) is 7.01. The Balaban J connectivity index is 1.80. The van der Waals surface area contributed by atoms with Gasteiger partial charge in [0, 0.05) is 10.9 Å². The SMILES string of the molecule is CCCC1SC(Nc2cccc(C)c2)=NC1c1ccccc1. The number of nitrogens with zero attached hydrogens (tertiary/aromatic N) is 1. The summed E-state index contributed by atoms with van der Waals surface area (Å²) in [6.07, 6.45) is 2.38. The number of anilines is 1. The van der Waals surface area contributed by atoms with Gasteiger partial charge in [0.2, 0.25) is 0 Å². The van der Waals surface area contributed by atoms with Crippen molar-refractivity contribution in [2.24, 2.45) is 4.99 Å². The van der Waals surface area contributed by atoms with E-state index >= 15 is 0 Å². The van der Waals surface area contributed by atoms with Crippen LogP contribution in [0, 0.1) is 6.92 Å². The molecule has 0 aromatic heterocycles. The molecule has 2 unspecified atom stereocenters. The first-order valence-corrected chi connectivity index (χ1v) is 8.77. The van der Waals surface area contributed by atoms with Gasteiger partial charge in [-0.3, -0.25) is 4.99 Å². The van der Waals surface area contributed by atoms with Gasteiger partial charge in [-0.05, 0) is 36.6 Å². The Morgan fingerprint density at radius 3 is 2.64 bits per heavy atom. The first-order chi connectivity index (χ1) is 10.8. The fraction of sp³-hybridized carbons (Fsp3) is 0.316. The van der Waals surface area contributed by atoms with Crippen molar-refractivity contribution >= 4 is 22.6 Å². The monoisotopic (exact) mass is 310 g/mol. The molecule has 2 aromatic rings. The molecule has 3 heteroatoms. The molecule has 22 heavy (non-hydrogen) atoms. The molecule has 1 aliphatic rings. The third-order valence-corrected chi connectivity index (χ3v) is 5.08. The normalized spacial score (nSPS) is 20.7. The lowest BCUT2D eigenvalue weighted by atomic mass is 10.0. The van der Waals surface area contributed by atoms with Crippen molar-refractivity contribution in [3.63, 3.8) is 0 Å². The summed E-state index contributed by atoms with van der Waals surface area (Å²) in [6.45, 7) is 4.36. The van der Waals surface area contributed by atoms with E-state index in [1.165, 1.54) is 24.0 Å². The molecular formula is C19H22N2S. The third kappa shape index (κ3) is 3.53. The number of aliphatic imine (C=N–C) groups is 1. The number of rotatable bonds is 4. The Hall–Kier alpha value is -1.74. The van der Waals surface area contributed by atoms with Crippen LogP contribution in [-0.2, 0) is 0 Å². The molecule has 0 saturated heterocycles. The van der Waals surface area contributed by atoms with E-state index in [4.69, 9.17) is 4.99 Å². The van der Waals surface area contributed by atoms with Crippen LogP contribution in [0.25, 0.3) is 0 Å². The minimum Gasteiger partial charge on any atom is -0.335 e. The van der Waals surface area contributed by atoms with Crippen LogP contribution in [0.3, 0.4) is 0 Å². The van der Waals surface area contributed by atoms with E-state index in [-0.39, 0.29) is 6.04 Å². The highest BCUT2D eigenvalue weighted by molar-refractivity contribution is 8.15. The summed E-state index contributed by atoms with van der Waals surface area (Å²) in [5.74, 6) is 0. The van der Waals surface area contributed by atoms with E-state index < -0.39 is 0 Å². The zero-order chi connectivity index (χ0) is 15.4. The van der Waals surface area contributed by atoms with Crippen LogP contribution < -0.4 is 5.32 Å². The predicted molar refractivity (Wildman–Crippen MR) is 97.7 cm³/mol. The van der Waals surface area contributed by atoms with Gasteiger partial charge < -0.3 is 5.32 Å². The number of hydrogen-bond acceptors (Lipinski definition) is 3. The Kier molecular flexibility index (Phi) is 4.84. The molecule has 2 nitrogen and oxygen atoms in total. The van der Waals surface area contributed by atoms with Crippen LogP contribution >= 0.6 is 11.8 Å². The van der Waals surface area contributed by atoms with Gasteiger partial charge in [0.15, 0.2) is 5.17 Å². The second-order valence-corrected chi connectivity index (χ2v) is 6.96. The predicted octanol–water partition coefficient (Wildman–Crippen LogP) is 5.42. The number of benzene rings is 2. The number of hydrogen-bond donors (Lipinski definition) is 1. The second-order valence-electron chi connectivity index (χ2n) is 5.73. The number of amidine groups is 1. The molecule has 1 heterocycles. The zero-order valence-corrected chi connectivity index (χ0v) is 13.9. The fourth-order valence-corrected chi connectivity index (χ4v) is 4.13. The van der Waals surface area contributed by atoms with Gasteiger partial charge in [-0.15, -0.1) is 0 Å². The fourth-order valence-electron chi connectivity index (χ4n) is 2.80. The maximum absolute atomic E-state index is 4.95. The van der Waals surface area contributed by atoms with Crippen LogP contribution in [0.4, 0.5) is 5.69 Å². The summed E-state index contributed by atoms with van der Waals surface area (Å²) in [7, 11) is 0. The van der Waals surface area contributed by atoms with Crippen molar-refractivity contribution in [2.45, 2.75) is 38.0 Å². The maximum atomic E-state index is 4.95. The van der Waals surface area contributed by atoms with Gasteiger partial charge in [-0.2, -0.15) is 0 Å². The molecule has 2 atom stereocenters. The van der Waals surface area contributed by atoms with E-state index in [1.54, 1.807) is 0 Å². The molecule has 1 aliphatic heterocycles. The Morgan fingerprint density at radius 1 is 1.09 bits per heavy atom. The number of nitrogens with one attached hydrogen (secondary N) is 1. The first kappa shape index (κ1) is 15.2. The molecule has 0 saturated carbocycles. The number of aryl methyl sites for hydroxylation is 1. The van der Waals surface area contributed by atoms with Gasteiger partial charge in [0.25, 0.3) is 0 Å². The van der Waals surface area contributed by atoms with Crippen molar-refractivity contribution in [2.75, 3.05) is 5.32 Å². The summed E-state index contributed by atoms with van der Waals surface area (Å²) >= 11 is 1.88. The van der Waals surface area contributed by atoms with Crippen molar-refractivity contribution in [3.8, 4) is 0 Å². The van der Waals surface area contributed by atoms with Crippen LogP contribution in [0.5, 0.6) is 0 Å². The highest BCUT2D eigenvalue weighted by Gasteiger charge is 2.30. The molecule has 0 amide bonds. The summed E-state index contributed by atoms with van der Waals surface area (Å²) in [5.41, 5.74) is 3.70. The van der Waals surface area contributed by atoms with Crippen molar-refractivity contribution in [1.29, 1.82) is 0 Å². The third-order valence-electron chi connectivity index (χ3n) is 3.86. The van der Waals surface area contributed by atoms with Crippen molar-refractivity contribution in [3.05, 3.63) is 65.7 Å². The van der Waals surface area contributed by atoms with E-state index in [1.807, 2.05) is 11.8 Å². The lowest BCUT2D eigenvalue weighted by Crippen LogP contribution is -2.10. The zero-order valence-electron chi connectivity index (χ0n) is 13.1. The molecule has 0 radical (unpaired) electrons. The van der Waals surface area contributed by atoms with E-state index in [0.29, 0.717) is 5.25 Å². The van der Waals surface area contributed by atoms with Gasteiger partial charge >= 0.3 is 0 Å². The summed E-state index contributed by atoms with van der Waals surface area (Å²) in [4.78, 5) is 4.95. The van der Waals surface area contributed by atoms with Gasteiger partial charge in [-0.1, -0.05) is 67.6 Å². The number of thioether (sulfide) groups is 1. The molecule has 0 spiro atoms. The molecule has 114 valence electrons. The lowest BCUT2D eigenvalue weighted by molar-refractivity contribution is 0.634. The molecule has 0 bridgehead atoms. The Labute approximate surface area is 137 Å². The quantitative estimate of drug-likeness (QED) is 0.815. The topological polar surface area (TPSA) is 24.4 Å². The Bertz CT molecular complexity index is 651. The smallest absolute Gasteiger partial charge is 0.162 e. The van der Waals surface area contributed by atoms with Crippen molar-refractivity contribution in [1.82, 2.24) is 0 Å². The highest BCUT2D eigenvalue weighted by Crippen LogP contribution is 2.40. The van der Waals surface area contributed by atoms with E-state index in [0.717, 1.165) is 10.9 Å². The van der Waals surface area contributed by atoms with E-state index in [9.17, 15) is 0 Å². The lowest BCUT2D eigenvalue weighted by Gasteiger charge is -2.16. The minimum atomic E-state index is 0.262. The average molecular weight is 310 g/mol. The van der Waals surface area contributed by atoms with Crippen LogP contribution in [0.2, 0.25) is 0 Å². The molecule has 0 fully saturated rings.